The molecule has 19 heavy (non-hydrogen) atoms. The van der Waals surface area contributed by atoms with Gasteiger partial charge in [-0.05, 0) is 43.2 Å². The maximum absolute atomic E-state index is 12.0. The zero-order valence-electron chi connectivity index (χ0n) is 10.7. The van der Waals surface area contributed by atoms with Crippen molar-refractivity contribution < 1.29 is 4.79 Å². The summed E-state index contributed by atoms with van der Waals surface area (Å²) in [6.07, 6.45) is 1.40. The van der Waals surface area contributed by atoms with E-state index in [-0.39, 0.29) is 16.7 Å². The highest BCUT2D eigenvalue weighted by Gasteiger charge is 2.09. The van der Waals surface area contributed by atoms with E-state index in [1.165, 1.54) is 17.8 Å². The predicted octanol–water partition coefficient (Wildman–Crippen LogP) is 3.19. The van der Waals surface area contributed by atoms with E-state index in [9.17, 15) is 4.79 Å². The van der Waals surface area contributed by atoms with Crippen molar-refractivity contribution in [2.75, 3.05) is 11.1 Å². The Hall–Kier alpha value is -2.07. The second kappa shape index (κ2) is 5.28. The molecule has 3 N–H and O–H groups in total. The highest BCUT2D eigenvalue weighted by molar-refractivity contribution is 6.33. The lowest BCUT2D eigenvalue weighted by Gasteiger charge is -2.08. The number of amides is 1. The summed E-state index contributed by atoms with van der Waals surface area (Å²) in [7, 11) is 0. The highest BCUT2D eigenvalue weighted by atomic mass is 35.5. The van der Waals surface area contributed by atoms with Crippen LogP contribution < -0.4 is 11.1 Å². The van der Waals surface area contributed by atoms with E-state index < -0.39 is 0 Å². The van der Waals surface area contributed by atoms with Crippen LogP contribution in [0.4, 0.5) is 11.5 Å². The van der Waals surface area contributed by atoms with E-state index in [1.54, 1.807) is 0 Å². The van der Waals surface area contributed by atoms with Crippen LogP contribution in [0.25, 0.3) is 0 Å². The number of aromatic nitrogens is 1. The molecule has 5 heteroatoms. The number of carbonyl (C=O) groups excluding carboxylic acids is 1. The number of nitrogens with two attached hydrogens (primary N) is 1. The average molecular weight is 276 g/mol. The van der Waals surface area contributed by atoms with Crippen LogP contribution in [-0.4, -0.2) is 10.9 Å². The standard InChI is InChI=1S/C14H14ClN3O/c1-8-3-4-11(5-9(8)2)18-14(19)10-6-12(15)13(16)17-7-10/h3-7H,1-2H3,(H2,16,17)(H,18,19). The predicted molar refractivity (Wildman–Crippen MR) is 77.5 cm³/mol. The van der Waals surface area contributed by atoms with E-state index in [1.807, 2.05) is 32.0 Å². The van der Waals surface area contributed by atoms with E-state index in [4.69, 9.17) is 17.3 Å². The zero-order chi connectivity index (χ0) is 14.0. The SMILES string of the molecule is Cc1ccc(NC(=O)c2cnc(N)c(Cl)c2)cc1C. The van der Waals surface area contributed by atoms with Crippen LogP contribution in [0.2, 0.25) is 5.02 Å². The van der Waals surface area contributed by atoms with Gasteiger partial charge in [-0.15, -0.1) is 0 Å². The van der Waals surface area contributed by atoms with Gasteiger partial charge in [-0.2, -0.15) is 0 Å². The van der Waals surface area contributed by atoms with Gasteiger partial charge in [0.25, 0.3) is 5.91 Å². The lowest BCUT2D eigenvalue weighted by atomic mass is 10.1. The Labute approximate surface area is 116 Å². The molecule has 0 radical (unpaired) electrons. The number of hydrogen-bond donors (Lipinski definition) is 2. The third-order valence-corrected chi connectivity index (χ3v) is 3.20. The number of nitrogen functional groups attached to an aromatic ring is 1. The minimum atomic E-state index is -0.266. The molecule has 2 aromatic rings. The quantitative estimate of drug-likeness (QED) is 0.884. The molecule has 4 nitrogen and oxygen atoms in total. The summed E-state index contributed by atoms with van der Waals surface area (Å²) in [5.74, 6) is -0.0537. The molecule has 0 saturated carbocycles. The van der Waals surface area contributed by atoms with Gasteiger partial charge < -0.3 is 11.1 Å². The molecule has 0 saturated heterocycles. The minimum absolute atomic E-state index is 0.212. The maximum atomic E-state index is 12.0. The van der Waals surface area contributed by atoms with Gasteiger partial charge in [-0.25, -0.2) is 4.98 Å². The highest BCUT2D eigenvalue weighted by Crippen LogP contribution is 2.19. The molecule has 0 spiro atoms. The number of nitrogens with one attached hydrogen (secondary N) is 1. The van der Waals surface area contributed by atoms with Crippen LogP contribution >= 0.6 is 11.6 Å². The first-order chi connectivity index (χ1) is 8.97. The van der Waals surface area contributed by atoms with Gasteiger partial charge >= 0.3 is 0 Å². The molecule has 0 aliphatic heterocycles. The Bertz CT molecular complexity index is 641. The fraction of sp³-hybridized carbons (Fsp3) is 0.143. The van der Waals surface area contributed by atoms with Crippen LogP contribution in [0.1, 0.15) is 21.5 Å². The van der Waals surface area contributed by atoms with Gasteiger partial charge in [0.05, 0.1) is 10.6 Å². The molecule has 2 rings (SSSR count). The molecule has 0 atom stereocenters. The number of nitrogens with zero attached hydrogens (tertiary/aromatic N) is 1. The molecule has 1 aromatic heterocycles. The van der Waals surface area contributed by atoms with E-state index in [0.717, 1.165) is 11.3 Å². The third kappa shape index (κ3) is 3.03. The van der Waals surface area contributed by atoms with Crippen molar-refractivity contribution in [1.29, 1.82) is 0 Å². The summed E-state index contributed by atoms with van der Waals surface area (Å²) in [6, 6.07) is 7.23. The Morgan fingerprint density at radius 1 is 1.26 bits per heavy atom. The van der Waals surface area contributed by atoms with Crippen LogP contribution in [0.5, 0.6) is 0 Å². The van der Waals surface area contributed by atoms with E-state index in [0.29, 0.717) is 5.56 Å². The zero-order valence-corrected chi connectivity index (χ0v) is 11.5. The number of benzene rings is 1. The number of carbonyl (C=O) groups is 1. The van der Waals surface area contributed by atoms with Crippen molar-refractivity contribution in [2.24, 2.45) is 0 Å². The third-order valence-electron chi connectivity index (χ3n) is 2.90. The Kier molecular flexibility index (Phi) is 3.71. The molecule has 98 valence electrons. The molecule has 0 unspecified atom stereocenters. The topological polar surface area (TPSA) is 68.0 Å². The van der Waals surface area contributed by atoms with Crippen molar-refractivity contribution in [3.05, 3.63) is 52.2 Å². The van der Waals surface area contributed by atoms with E-state index in [2.05, 4.69) is 10.3 Å². The smallest absolute Gasteiger partial charge is 0.257 e. The van der Waals surface area contributed by atoms with Crippen molar-refractivity contribution in [2.45, 2.75) is 13.8 Å². The van der Waals surface area contributed by atoms with E-state index >= 15 is 0 Å². The number of halogens is 1. The second-order valence-electron chi connectivity index (χ2n) is 4.34. The van der Waals surface area contributed by atoms with Gasteiger partial charge in [-0.3, -0.25) is 4.79 Å². The second-order valence-corrected chi connectivity index (χ2v) is 4.75. The van der Waals surface area contributed by atoms with Gasteiger partial charge in [0.2, 0.25) is 0 Å². The van der Waals surface area contributed by atoms with Gasteiger partial charge in [0, 0.05) is 11.9 Å². The summed E-state index contributed by atoms with van der Waals surface area (Å²) < 4.78 is 0. The molecular weight excluding hydrogens is 262 g/mol. The molecule has 0 aliphatic rings. The molecule has 0 aliphatic carbocycles. The van der Waals surface area contributed by atoms with Crippen LogP contribution in [0.15, 0.2) is 30.5 Å². The first-order valence-electron chi connectivity index (χ1n) is 5.77. The number of pyridine rings is 1. The number of aryl methyl sites for hydroxylation is 2. The first kappa shape index (κ1) is 13.4. The summed E-state index contributed by atoms with van der Waals surface area (Å²) >= 11 is 5.84. The van der Waals surface area contributed by atoms with Crippen LogP contribution in [0.3, 0.4) is 0 Å². The van der Waals surface area contributed by atoms with Crippen molar-refractivity contribution in [3.63, 3.8) is 0 Å². The van der Waals surface area contributed by atoms with Crippen LogP contribution in [0, 0.1) is 13.8 Å². The molecule has 1 heterocycles. The maximum Gasteiger partial charge on any atom is 0.257 e. The monoisotopic (exact) mass is 275 g/mol. The van der Waals surface area contributed by atoms with Gasteiger partial charge in [0.15, 0.2) is 0 Å². The number of rotatable bonds is 2. The fourth-order valence-electron chi connectivity index (χ4n) is 1.60. The van der Waals surface area contributed by atoms with Crippen molar-refractivity contribution in [1.82, 2.24) is 4.98 Å². The summed E-state index contributed by atoms with van der Waals surface area (Å²) in [6.45, 7) is 4.01. The Morgan fingerprint density at radius 3 is 2.63 bits per heavy atom. The molecular formula is C14H14ClN3O. The molecule has 0 bridgehead atoms. The first-order valence-corrected chi connectivity index (χ1v) is 6.15. The Morgan fingerprint density at radius 2 is 2.00 bits per heavy atom. The average Bonchev–Trinajstić information content (AvgIpc) is 2.37. The minimum Gasteiger partial charge on any atom is -0.382 e. The lowest BCUT2D eigenvalue weighted by molar-refractivity contribution is 0.102. The number of anilines is 2. The molecule has 0 fully saturated rings. The summed E-state index contributed by atoms with van der Waals surface area (Å²) in [4.78, 5) is 15.9. The normalized spacial score (nSPS) is 10.3. The largest absolute Gasteiger partial charge is 0.382 e. The fourth-order valence-corrected chi connectivity index (χ4v) is 1.76. The van der Waals surface area contributed by atoms with Gasteiger partial charge in [-0.1, -0.05) is 17.7 Å². The summed E-state index contributed by atoms with van der Waals surface area (Å²) in [5.41, 5.74) is 8.91. The summed E-state index contributed by atoms with van der Waals surface area (Å²) in [5, 5.41) is 3.07. The Balaban J connectivity index is 2.20. The van der Waals surface area contributed by atoms with Crippen LogP contribution in [-0.2, 0) is 0 Å². The van der Waals surface area contributed by atoms with Crippen molar-refractivity contribution in [3.8, 4) is 0 Å². The number of hydrogen-bond acceptors (Lipinski definition) is 3. The molecule has 1 amide bonds. The lowest BCUT2D eigenvalue weighted by Crippen LogP contribution is -2.12. The van der Waals surface area contributed by atoms with Crippen molar-refractivity contribution >= 4 is 29.0 Å². The van der Waals surface area contributed by atoms with Gasteiger partial charge in [0.1, 0.15) is 5.82 Å². The molecule has 1 aromatic carbocycles.